The molecule has 0 saturated heterocycles. The summed E-state index contributed by atoms with van der Waals surface area (Å²) in [6.07, 6.45) is 7.80. The Kier molecular flexibility index (Phi) is 12.8. The summed E-state index contributed by atoms with van der Waals surface area (Å²) in [5, 5.41) is 36.9. The molecule has 338 valence electrons. The van der Waals surface area contributed by atoms with Gasteiger partial charge in [0, 0.05) is 41.1 Å². The Morgan fingerprint density at radius 3 is 0.735 bits per heavy atom. The molecule has 4 N–H and O–H groups in total. The summed E-state index contributed by atoms with van der Waals surface area (Å²) >= 11 is 3.04. The molecule has 14 nitrogen and oxygen atoms in total. The summed E-state index contributed by atoms with van der Waals surface area (Å²) in [5.41, 5.74) is 8.99. The monoisotopic (exact) mass is 944 g/mol. The number of aromatic nitrogens is 2. The first-order valence-electron chi connectivity index (χ1n) is 20.7. The lowest BCUT2D eigenvalue weighted by Crippen LogP contribution is -2.09. The van der Waals surface area contributed by atoms with Crippen LogP contribution in [0.3, 0.4) is 0 Å². The largest absolute Gasteiger partial charge is 0.482 e. The average molecular weight is 945 g/mol. The van der Waals surface area contributed by atoms with E-state index in [1.54, 1.807) is 48.5 Å². The first-order valence-corrected chi connectivity index (χ1v) is 22.4. The summed E-state index contributed by atoms with van der Waals surface area (Å²) in [6, 6.07) is 36.7. The number of thiophene rings is 2. The average Bonchev–Trinajstić information content (AvgIpc) is 4.19. The molecule has 2 aliphatic heterocycles. The van der Waals surface area contributed by atoms with E-state index >= 15 is 0 Å². The Bertz CT molecular complexity index is 2900. The van der Waals surface area contributed by atoms with Crippen LogP contribution in [0, 0.1) is 0 Å². The molecule has 16 heteroatoms. The second-order valence-corrected chi connectivity index (χ2v) is 17.3. The number of fused-ring (bicyclic) bond motifs is 8. The normalized spacial score (nSPS) is 11.5. The quantitative estimate of drug-likeness (QED) is 0.0710. The van der Waals surface area contributed by atoms with Gasteiger partial charge >= 0.3 is 23.9 Å². The van der Waals surface area contributed by atoms with Crippen LogP contribution in [-0.2, 0) is 19.2 Å². The van der Waals surface area contributed by atoms with E-state index in [1.165, 1.54) is 22.7 Å². The zero-order chi connectivity index (χ0) is 47.3. The van der Waals surface area contributed by atoms with Gasteiger partial charge in [0.25, 0.3) is 0 Å². The molecule has 0 fully saturated rings. The smallest absolute Gasteiger partial charge is 0.341 e. The van der Waals surface area contributed by atoms with E-state index in [0.717, 1.165) is 63.3 Å². The molecule has 4 aromatic carbocycles. The summed E-state index contributed by atoms with van der Waals surface area (Å²) in [7, 11) is 0. The van der Waals surface area contributed by atoms with Crippen molar-refractivity contribution in [1.82, 2.24) is 9.97 Å². The Labute approximate surface area is 394 Å². The van der Waals surface area contributed by atoms with E-state index in [1.807, 2.05) is 97.1 Å². The van der Waals surface area contributed by atoms with Crippen molar-refractivity contribution in [3.05, 3.63) is 144 Å². The van der Waals surface area contributed by atoms with Crippen LogP contribution >= 0.6 is 22.7 Å². The van der Waals surface area contributed by atoms with Gasteiger partial charge in [-0.2, -0.15) is 0 Å². The van der Waals surface area contributed by atoms with Crippen LogP contribution in [0.25, 0.3) is 87.6 Å². The predicted octanol–water partition coefficient (Wildman–Crippen LogP) is 10.6. The van der Waals surface area contributed by atoms with Crippen LogP contribution in [0.5, 0.6) is 23.0 Å². The van der Waals surface area contributed by atoms with Crippen molar-refractivity contribution in [3.8, 4) is 67.5 Å². The maximum absolute atomic E-state index is 11.3. The van der Waals surface area contributed by atoms with Gasteiger partial charge in [0.1, 0.15) is 23.0 Å². The van der Waals surface area contributed by atoms with Gasteiger partial charge in [0.15, 0.2) is 26.4 Å². The number of ether oxygens (including phenoxy) is 4. The molecule has 0 spiro atoms. The van der Waals surface area contributed by atoms with Crippen LogP contribution in [0.4, 0.5) is 0 Å². The highest BCUT2D eigenvalue weighted by molar-refractivity contribution is 7.24. The fourth-order valence-corrected chi connectivity index (χ4v) is 9.93. The summed E-state index contributed by atoms with van der Waals surface area (Å²) < 4.78 is 25.3. The molecular weight excluding hydrogens is 909 g/mol. The Balaban J connectivity index is 1.34. The van der Waals surface area contributed by atoms with Crippen molar-refractivity contribution in [2.45, 2.75) is 0 Å². The van der Waals surface area contributed by atoms with Crippen LogP contribution in [-0.4, -0.2) is 80.7 Å². The second-order valence-electron chi connectivity index (χ2n) is 15.1. The first kappa shape index (κ1) is 44.6. The third-order valence-corrected chi connectivity index (χ3v) is 12.8. The van der Waals surface area contributed by atoms with Crippen molar-refractivity contribution in [3.63, 3.8) is 0 Å². The van der Waals surface area contributed by atoms with Crippen LogP contribution in [0.1, 0.15) is 22.8 Å². The van der Waals surface area contributed by atoms with Crippen LogP contribution in [0.2, 0.25) is 0 Å². The lowest BCUT2D eigenvalue weighted by Gasteiger charge is -2.08. The van der Waals surface area contributed by atoms with Crippen molar-refractivity contribution >= 4 is 89.7 Å². The topological polar surface area (TPSA) is 212 Å². The van der Waals surface area contributed by atoms with Gasteiger partial charge in [0.05, 0.1) is 22.8 Å². The van der Waals surface area contributed by atoms with Crippen LogP contribution < -0.4 is 18.9 Å². The van der Waals surface area contributed by atoms with Crippen LogP contribution in [0.15, 0.2) is 121 Å². The van der Waals surface area contributed by atoms with Gasteiger partial charge in [-0.15, -0.1) is 22.7 Å². The van der Waals surface area contributed by atoms with Crippen molar-refractivity contribution in [1.29, 1.82) is 0 Å². The maximum Gasteiger partial charge on any atom is 0.341 e. The van der Waals surface area contributed by atoms with Gasteiger partial charge in [-0.05, 0) is 119 Å². The number of aliphatic carboxylic acids is 4. The van der Waals surface area contributed by atoms with E-state index in [9.17, 15) is 39.6 Å². The SMILES string of the molecule is O=C(O)COc1ccc(-c2c3nc(c(-c4ccc(OCC(=O)O)cc4)c4ccc(s4)c(-c4ccc(OCC(=O)O)cc4)c4nc(c(-c5ccc(OCC(=O)O)cc5)c5ccc2s5)C=C4)C=C3)cc1. The molecule has 0 aliphatic carbocycles. The second kappa shape index (κ2) is 19.5. The zero-order valence-electron chi connectivity index (χ0n) is 35.5. The molecule has 0 atom stereocenters. The minimum absolute atomic E-state index is 0.385. The molecule has 68 heavy (non-hydrogen) atoms. The lowest BCUT2D eigenvalue weighted by molar-refractivity contribution is -0.140. The van der Waals surface area contributed by atoms with E-state index in [4.69, 9.17) is 28.9 Å². The standard InChI is InChI=1S/C52H36N2O12S2/c55-45(56)25-63-33-9-1-29(2-10-33)49-37-17-18-38(53-37)50(30-3-11-34(12-4-30)64-26-46(57)58)43-23-24-44(68-43)52(32-7-15-36(16-8-32)66-28-48(61)62)40-20-19-39(54-40)51(42-22-21-41(49)67-42)31-5-13-35(14-6-31)65-27-47(59)60/h1-24H,25-28H2,(H,55,56)(H,57,58)(H,59,60)(H,61,62). The van der Waals surface area contributed by atoms with E-state index in [0.29, 0.717) is 45.8 Å². The van der Waals surface area contributed by atoms with E-state index in [2.05, 4.69) is 0 Å². The molecule has 2 aliphatic rings. The van der Waals surface area contributed by atoms with E-state index in [-0.39, 0.29) is 0 Å². The maximum atomic E-state index is 11.3. The fourth-order valence-electron chi connectivity index (χ4n) is 7.61. The molecule has 9 rings (SSSR count). The molecular formula is C52H36N2O12S2. The van der Waals surface area contributed by atoms with Crippen molar-refractivity contribution < 1.29 is 58.6 Å². The van der Waals surface area contributed by atoms with Gasteiger partial charge in [-0.3, -0.25) is 0 Å². The fraction of sp³-hybridized carbons (Fsp3) is 0.0769. The lowest BCUT2D eigenvalue weighted by atomic mass is 10.0. The number of nitrogens with zero attached hydrogens (tertiary/aromatic N) is 2. The molecule has 5 heterocycles. The van der Waals surface area contributed by atoms with Crippen molar-refractivity contribution in [2.75, 3.05) is 26.4 Å². The van der Waals surface area contributed by atoms with Gasteiger partial charge in [-0.1, -0.05) is 48.5 Å². The molecule has 3 aromatic heterocycles. The Morgan fingerprint density at radius 2 is 0.544 bits per heavy atom. The number of carboxylic acid groups (broad SMARTS) is 4. The first-order chi connectivity index (χ1) is 32.9. The molecule has 0 amide bonds. The van der Waals surface area contributed by atoms with E-state index < -0.39 is 50.3 Å². The summed E-state index contributed by atoms with van der Waals surface area (Å²) in [4.78, 5) is 55.8. The predicted molar refractivity (Wildman–Crippen MR) is 260 cm³/mol. The van der Waals surface area contributed by atoms with Gasteiger partial charge in [0.2, 0.25) is 0 Å². The molecule has 8 bridgehead atoms. The third kappa shape index (κ3) is 9.96. The molecule has 7 aromatic rings. The molecule has 0 unspecified atom stereocenters. The number of hydrogen-bond acceptors (Lipinski definition) is 12. The van der Waals surface area contributed by atoms with Gasteiger partial charge in [-0.25, -0.2) is 29.1 Å². The highest BCUT2D eigenvalue weighted by Crippen LogP contribution is 2.43. The number of carboxylic acids is 4. The van der Waals surface area contributed by atoms with Gasteiger partial charge < -0.3 is 39.4 Å². The zero-order valence-corrected chi connectivity index (χ0v) is 37.1. The third-order valence-electron chi connectivity index (χ3n) is 10.5. The highest BCUT2D eigenvalue weighted by Gasteiger charge is 2.20. The highest BCUT2D eigenvalue weighted by atomic mass is 32.1. The minimum atomic E-state index is -1.10. The van der Waals surface area contributed by atoms with Crippen molar-refractivity contribution in [2.24, 2.45) is 0 Å². The summed E-state index contributed by atoms with van der Waals surface area (Å²) in [5.74, 6) is -2.84. The number of benzene rings is 4. The number of carbonyl (C=O) groups is 4. The summed E-state index contributed by atoms with van der Waals surface area (Å²) in [6.45, 7) is -1.98. The Hall–Kier alpha value is -8.60. The molecule has 0 radical (unpaired) electrons. The number of rotatable bonds is 16. The molecule has 0 saturated carbocycles. The number of hydrogen-bond donors (Lipinski definition) is 4. The Morgan fingerprint density at radius 1 is 0.338 bits per heavy atom. The minimum Gasteiger partial charge on any atom is -0.482 e.